The van der Waals surface area contributed by atoms with Gasteiger partial charge in [-0.05, 0) is 125 Å². The molecule has 9 N–H and O–H groups in total. The van der Waals surface area contributed by atoms with Crippen molar-refractivity contribution in [1.29, 1.82) is 0 Å². The van der Waals surface area contributed by atoms with Gasteiger partial charge < -0.3 is 66.0 Å². The molecule has 4 bridgehead atoms. The predicted molar refractivity (Wildman–Crippen MR) is 249 cm³/mol. The number of hydrogen-bond donors (Lipinski definition) is 7. The number of carboxylic acid groups (broad SMARTS) is 1. The Morgan fingerprint density at radius 1 is 0.738 bits per heavy atom. The Labute approximate surface area is 434 Å². The van der Waals surface area contributed by atoms with Crippen LogP contribution in [0.2, 0.25) is 32.3 Å². The maximum Gasteiger partial charge on any atom is 1.00 e. The predicted octanol–water partition coefficient (Wildman–Crippen LogP) is -0.269. The summed E-state index contributed by atoms with van der Waals surface area (Å²) in [5, 5.41) is 23.7. The second kappa shape index (κ2) is 18.8. The summed E-state index contributed by atoms with van der Waals surface area (Å²) in [5.41, 5.74) is 10.4. The van der Waals surface area contributed by atoms with Crippen LogP contribution in [-0.4, -0.2) is 133 Å². The van der Waals surface area contributed by atoms with Crippen molar-refractivity contribution in [3.05, 3.63) is 0 Å². The monoisotopic (exact) mass is 953 g/mol. The second-order valence-corrected chi connectivity index (χ2v) is 28.5. The molecule has 14 atom stereocenters. The summed E-state index contributed by atoms with van der Waals surface area (Å²) in [4.78, 5) is 35.3. The fourth-order valence-corrected chi connectivity index (χ4v) is 16.0. The number of rotatable bonds is 12. The third-order valence-corrected chi connectivity index (χ3v) is 19.8. The Hall–Kier alpha value is 0.483. The van der Waals surface area contributed by atoms with E-state index in [0.29, 0.717) is 48.8 Å². The van der Waals surface area contributed by atoms with Gasteiger partial charge in [-0.15, -0.1) is 0 Å². The van der Waals surface area contributed by atoms with Gasteiger partial charge in [-0.25, -0.2) is 4.79 Å². The van der Waals surface area contributed by atoms with Crippen molar-refractivity contribution in [2.24, 2.45) is 56.8 Å². The van der Waals surface area contributed by atoms with Crippen LogP contribution in [0, 0.1) is 45.3 Å². The number of carbonyl (C=O) groups is 2. The number of carboxylic acids is 1. The third kappa shape index (κ3) is 8.46. The van der Waals surface area contributed by atoms with Crippen LogP contribution in [0.1, 0.15) is 106 Å². The van der Waals surface area contributed by atoms with Crippen LogP contribution in [-0.2, 0) is 32.9 Å². The average Bonchev–Trinajstić information content (AvgIpc) is 4.04. The molecular formula is C46H83B2KN6O9Si. The zero-order valence-electron chi connectivity index (χ0n) is 41.9. The largest absolute Gasteiger partial charge is 1.00 e. The van der Waals surface area contributed by atoms with E-state index in [9.17, 15) is 19.5 Å². The zero-order valence-corrected chi connectivity index (χ0v) is 46.0. The molecule has 12 rings (SSSR count). The van der Waals surface area contributed by atoms with Crippen LogP contribution in [0.5, 0.6) is 0 Å². The molecule has 0 aromatic rings. The Balaban J connectivity index is 0.000000173. The van der Waals surface area contributed by atoms with E-state index in [0.717, 1.165) is 88.9 Å². The molecule has 6 aliphatic heterocycles. The standard InChI is InChI=1S/C22H38BN3O4.C21H36BN3O4.C3H9OSi.K/c1-19(2)14-10-15(19)20(3)17(11-14)29-23(30-20)8-5-6-21-7-9-26-22(21,18(27)28-4)13-25-16(21)12-24;1-18(2)13-9-14(18)19(3)16(10-13)28-22(29-19)7-4-5-20-6-8-25-21(20,17(26)27)12-24-15(20)11-23;1-5(2,3)4;/h14-17,25-26H,5-13,24H2,1-4H3;13-16,24-25H,4-12,23H2,1-3H3,(H,26,27);1-3H3;/q;;-1;+1/t14-,15-,16?,17+,20-,21+,22+;13-,14-,15-,16+,19-,20+,21+;;/m00../s1. The van der Waals surface area contributed by atoms with E-state index in [1.807, 2.05) is 0 Å². The average molecular weight is 953 g/mol. The first-order chi connectivity index (χ1) is 29.9. The van der Waals surface area contributed by atoms with E-state index in [4.69, 9.17) is 34.8 Å². The zero-order chi connectivity index (χ0) is 46.5. The minimum atomic E-state index is -1.86. The smallest absolute Gasteiger partial charge is 0.859 e. The molecule has 65 heavy (non-hydrogen) atoms. The minimum Gasteiger partial charge on any atom is -0.859 e. The molecule has 15 nitrogen and oxygen atoms in total. The summed E-state index contributed by atoms with van der Waals surface area (Å²) in [6.07, 6.45) is 12.2. The molecule has 0 aromatic heterocycles. The molecule has 0 aromatic carbocycles. The SMILES string of the molecule is CC1(C)[C@@H]2C[C@H]3OB(CCC[C@]45CCN[C@@]4(C(=O)O)CN[C@H]5CN)O[C@@]3(C)[C@H]1C2.COC(=O)[C@]12CNC(CN)[C@@]1(CCCB1O[C@@H]3C[C@@H]4C[C@@H](C4(C)C)[C@]3(C)O1)CCN2.C[Si](C)(C)[O-].[K+]. The summed E-state index contributed by atoms with van der Waals surface area (Å²) in [6, 6.07) is 0.150. The molecule has 6 heterocycles. The molecule has 19 heteroatoms. The van der Waals surface area contributed by atoms with Gasteiger partial charge in [0, 0.05) is 49.1 Å². The maximum absolute atomic E-state index is 12.8. The van der Waals surface area contributed by atoms with Crippen LogP contribution in [0.4, 0.5) is 0 Å². The van der Waals surface area contributed by atoms with Crippen molar-refractivity contribution in [3.63, 3.8) is 0 Å². The summed E-state index contributed by atoms with van der Waals surface area (Å²) >= 11 is 0. The van der Waals surface area contributed by atoms with E-state index < -0.39 is 25.4 Å². The molecule has 6 saturated heterocycles. The first-order valence-corrected chi connectivity index (χ1v) is 28.4. The topological polar surface area (TPSA) is 224 Å². The van der Waals surface area contributed by atoms with E-state index >= 15 is 0 Å². The van der Waals surface area contributed by atoms with Crippen molar-refractivity contribution < 1.29 is 94.2 Å². The fourth-order valence-electron chi connectivity index (χ4n) is 16.0. The molecule has 0 amide bonds. The second-order valence-electron chi connectivity index (χ2n) is 24.3. The van der Waals surface area contributed by atoms with Gasteiger partial charge in [0.1, 0.15) is 11.1 Å². The minimum absolute atomic E-state index is 0. The van der Waals surface area contributed by atoms with Gasteiger partial charge >= 0.3 is 77.6 Å². The molecule has 6 saturated carbocycles. The number of nitrogens with one attached hydrogen (secondary N) is 4. The van der Waals surface area contributed by atoms with E-state index in [1.165, 1.54) is 20.0 Å². The van der Waals surface area contributed by atoms with Crippen LogP contribution in [0.25, 0.3) is 0 Å². The summed E-state index contributed by atoms with van der Waals surface area (Å²) in [7, 11) is -0.692. The van der Waals surface area contributed by atoms with Crippen LogP contribution < -0.4 is 88.9 Å². The van der Waals surface area contributed by atoms with Gasteiger partial charge in [0.05, 0.1) is 30.5 Å². The number of carbonyl (C=O) groups excluding carboxylic acids is 1. The third-order valence-electron chi connectivity index (χ3n) is 19.8. The summed E-state index contributed by atoms with van der Waals surface area (Å²) in [5.74, 6) is 1.75. The normalized spacial score (nSPS) is 45.3. The number of methoxy groups -OCH3 is 1. The first kappa shape index (κ1) is 53.3. The van der Waals surface area contributed by atoms with Crippen LogP contribution >= 0.6 is 0 Å². The molecule has 0 radical (unpaired) electrons. The maximum atomic E-state index is 12.8. The van der Waals surface area contributed by atoms with Gasteiger partial charge in [-0.3, -0.25) is 4.79 Å². The molecule has 12 aliphatic rings. The van der Waals surface area contributed by atoms with E-state index in [1.54, 1.807) is 19.6 Å². The van der Waals surface area contributed by atoms with Gasteiger partial charge in [0.25, 0.3) is 0 Å². The van der Waals surface area contributed by atoms with Gasteiger partial charge in [-0.2, -0.15) is 0 Å². The molecule has 362 valence electrons. The van der Waals surface area contributed by atoms with Crippen molar-refractivity contribution in [2.45, 2.75) is 185 Å². The number of aliphatic carboxylic acids is 1. The van der Waals surface area contributed by atoms with Crippen molar-refractivity contribution in [2.75, 3.05) is 46.4 Å². The van der Waals surface area contributed by atoms with Gasteiger partial charge in [0.15, 0.2) is 0 Å². The number of ether oxygens (including phenoxy) is 1. The van der Waals surface area contributed by atoms with E-state index in [-0.39, 0.29) is 118 Å². The van der Waals surface area contributed by atoms with Crippen LogP contribution in [0.3, 0.4) is 0 Å². The molecule has 12 fully saturated rings. The first-order valence-electron chi connectivity index (χ1n) is 25.0. The van der Waals surface area contributed by atoms with Crippen molar-refractivity contribution in [1.82, 2.24) is 21.3 Å². The van der Waals surface area contributed by atoms with E-state index in [2.05, 4.69) is 62.8 Å². The number of nitrogens with two attached hydrogens (primary N) is 2. The quantitative estimate of drug-likeness (QED) is 0.0989. The molecule has 0 spiro atoms. The van der Waals surface area contributed by atoms with Crippen LogP contribution in [0.15, 0.2) is 0 Å². The van der Waals surface area contributed by atoms with Crippen molar-refractivity contribution in [3.8, 4) is 0 Å². The summed E-state index contributed by atoms with van der Waals surface area (Å²) < 4.78 is 31.1. The molecule has 1 unspecified atom stereocenters. The Kier molecular flexibility index (Phi) is 15.4. The Bertz CT molecular complexity index is 1770. The van der Waals surface area contributed by atoms with Gasteiger partial charge in [-0.1, -0.05) is 68.5 Å². The fraction of sp³-hybridized carbons (Fsp3) is 0.957. The van der Waals surface area contributed by atoms with Crippen molar-refractivity contribution >= 4 is 34.5 Å². The van der Waals surface area contributed by atoms with Gasteiger partial charge in [0.2, 0.25) is 0 Å². The molecular weight excluding hydrogens is 869 g/mol. The number of esters is 1. The Morgan fingerprint density at radius 3 is 1.52 bits per heavy atom. The Morgan fingerprint density at radius 2 is 1.14 bits per heavy atom. The number of fused-ring (bicyclic) bond motifs is 2. The summed E-state index contributed by atoms with van der Waals surface area (Å²) in [6.45, 7) is 22.9. The number of hydrogen-bond acceptors (Lipinski definition) is 14. The molecule has 6 aliphatic carbocycles.